The summed E-state index contributed by atoms with van der Waals surface area (Å²) in [5, 5.41) is 8.37. The Labute approximate surface area is 162 Å². The number of hydrogen-bond donors (Lipinski definition) is 0. The van der Waals surface area contributed by atoms with Crippen LogP contribution in [0.25, 0.3) is 5.69 Å². The first-order chi connectivity index (χ1) is 13.7. The average Bonchev–Trinajstić information content (AvgIpc) is 3.24. The highest BCUT2D eigenvalue weighted by Crippen LogP contribution is 2.36. The molecule has 0 bridgehead atoms. The maximum Gasteiger partial charge on any atom is 0.256 e. The van der Waals surface area contributed by atoms with Gasteiger partial charge in [-0.15, -0.1) is 0 Å². The van der Waals surface area contributed by atoms with E-state index in [1.54, 1.807) is 24.8 Å². The maximum atomic E-state index is 13.3. The minimum Gasteiger partial charge on any atom is -0.350 e. The molecule has 0 radical (unpaired) electrons. The zero-order valence-corrected chi connectivity index (χ0v) is 15.6. The van der Waals surface area contributed by atoms with E-state index in [9.17, 15) is 4.79 Å². The van der Waals surface area contributed by atoms with E-state index in [0.717, 1.165) is 31.0 Å². The third-order valence-electron chi connectivity index (χ3n) is 5.74. The summed E-state index contributed by atoms with van der Waals surface area (Å²) < 4.78 is 0. The van der Waals surface area contributed by atoms with Crippen LogP contribution in [0.4, 0.5) is 5.82 Å². The number of likely N-dealkylation sites (tertiary alicyclic amines) is 1. The second-order valence-electron chi connectivity index (χ2n) is 7.32. The van der Waals surface area contributed by atoms with Gasteiger partial charge in [-0.3, -0.25) is 9.78 Å². The molecule has 2 aliphatic heterocycles. The van der Waals surface area contributed by atoms with Gasteiger partial charge in [-0.1, -0.05) is 12.1 Å². The molecule has 142 valence electrons. The predicted molar refractivity (Wildman–Crippen MR) is 103 cm³/mol. The highest BCUT2D eigenvalue weighted by Gasteiger charge is 2.45. The van der Waals surface area contributed by atoms with Crippen molar-refractivity contribution < 1.29 is 4.79 Å². The van der Waals surface area contributed by atoms with Crippen LogP contribution in [0, 0.1) is 12.8 Å². The van der Waals surface area contributed by atoms with Gasteiger partial charge in [0.15, 0.2) is 0 Å². The molecule has 3 aromatic rings. The van der Waals surface area contributed by atoms with Crippen molar-refractivity contribution in [3.8, 4) is 5.69 Å². The fourth-order valence-corrected chi connectivity index (χ4v) is 4.25. The van der Waals surface area contributed by atoms with Crippen molar-refractivity contribution in [2.45, 2.75) is 19.4 Å². The number of hydrogen-bond acceptors (Lipinski definition) is 6. The lowest BCUT2D eigenvalue weighted by Crippen LogP contribution is -2.65. The van der Waals surface area contributed by atoms with Gasteiger partial charge in [0.1, 0.15) is 5.82 Å². The van der Waals surface area contributed by atoms with E-state index in [1.807, 2.05) is 36.1 Å². The van der Waals surface area contributed by atoms with Gasteiger partial charge in [-0.05, 0) is 25.5 Å². The first kappa shape index (κ1) is 16.9. The van der Waals surface area contributed by atoms with E-state index >= 15 is 0 Å². The number of benzene rings is 1. The summed E-state index contributed by atoms with van der Waals surface area (Å²) in [6.45, 7) is 4.43. The van der Waals surface area contributed by atoms with E-state index < -0.39 is 0 Å². The Balaban J connectivity index is 1.39. The minimum atomic E-state index is 0.0223. The summed E-state index contributed by atoms with van der Waals surface area (Å²) >= 11 is 0. The summed E-state index contributed by atoms with van der Waals surface area (Å²) in [5.74, 6) is 1.56. The monoisotopic (exact) mass is 375 g/mol. The van der Waals surface area contributed by atoms with Gasteiger partial charge >= 0.3 is 0 Å². The smallest absolute Gasteiger partial charge is 0.256 e. The van der Waals surface area contributed by atoms with E-state index in [4.69, 9.17) is 0 Å². The molecule has 1 aromatic carbocycles. The van der Waals surface area contributed by atoms with Crippen LogP contribution >= 0.6 is 0 Å². The zero-order valence-electron chi connectivity index (χ0n) is 15.6. The summed E-state index contributed by atoms with van der Waals surface area (Å²) in [6.07, 6.45) is 7.68. The fraction of sp³-hybridized carbons (Fsp3) is 0.350. The molecule has 8 nitrogen and oxygen atoms in total. The van der Waals surface area contributed by atoms with Crippen LogP contribution in [0.15, 0.2) is 49.1 Å². The maximum absolute atomic E-state index is 13.3. The Kier molecular flexibility index (Phi) is 4.03. The number of nitrogens with zero attached hydrogens (tertiary/aromatic N) is 7. The number of piperidine rings is 1. The number of para-hydroxylation sites is 1. The molecule has 28 heavy (non-hydrogen) atoms. The molecule has 2 saturated heterocycles. The van der Waals surface area contributed by atoms with Crippen LogP contribution in [0.2, 0.25) is 0 Å². The molecule has 5 rings (SSSR count). The molecule has 0 spiro atoms. The molecule has 4 heterocycles. The number of fused-ring (bicyclic) bond motifs is 1. The van der Waals surface area contributed by atoms with E-state index in [-0.39, 0.29) is 5.91 Å². The molecule has 8 heteroatoms. The Morgan fingerprint density at radius 1 is 1.04 bits per heavy atom. The Bertz CT molecular complexity index is 1000. The van der Waals surface area contributed by atoms with Crippen LogP contribution in [0.3, 0.4) is 0 Å². The molecule has 2 atom stereocenters. The van der Waals surface area contributed by atoms with Gasteiger partial charge in [0, 0.05) is 37.9 Å². The second kappa shape index (κ2) is 6.70. The number of anilines is 1. The normalized spacial score (nSPS) is 21.2. The lowest BCUT2D eigenvalue weighted by Gasteiger charge is -2.54. The molecular weight excluding hydrogens is 354 g/mol. The number of carbonyl (C=O) groups excluding carboxylic acids is 1. The molecule has 2 fully saturated rings. The molecule has 0 saturated carbocycles. The topological polar surface area (TPSA) is 80.0 Å². The van der Waals surface area contributed by atoms with Gasteiger partial charge in [-0.2, -0.15) is 15.0 Å². The van der Waals surface area contributed by atoms with Gasteiger partial charge in [-0.25, -0.2) is 4.98 Å². The number of carbonyl (C=O) groups is 1. The van der Waals surface area contributed by atoms with Crippen molar-refractivity contribution in [1.29, 1.82) is 0 Å². The first-order valence-electron chi connectivity index (χ1n) is 9.51. The third-order valence-corrected chi connectivity index (χ3v) is 5.74. The molecule has 2 aromatic heterocycles. The molecule has 1 amide bonds. The summed E-state index contributed by atoms with van der Waals surface area (Å²) in [6, 6.07) is 7.79. The van der Waals surface area contributed by atoms with Crippen molar-refractivity contribution >= 4 is 11.7 Å². The largest absolute Gasteiger partial charge is 0.350 e. The Morgan fingerprint density at radius 2 is 1.82 bits per heavy atom. The molecule has 0 unspecified atom stereocenters. The van der Waals surface area contributed by atoms with Crippen LogP contribution in [-0.4, -0.2) is 61.4 Å². The lowest BCUT2D eigenvalue weighted by molar-refractivity contribution is 0.0590. The number of aromatic nitrogens is 5. The van der Waals surface area contributed by atoms with Gasteiger partial charge < -0.3 is 9.80 Å². The number of aryl methyl sites for hydroxylation is 1. The molecule has 0 aliphatic carbocycles. The van der Waals surface area contributed by atoms with Crippen molar-refractivity contribution in [3.05, 3.63) is 60.3 Å². The Morgan fingerprint density at radius 3 is 2.64 bits per heavy atom. The van der Waals surface area contributed by atoms with Crippen LogP contribution in [0.5, 0.6) is 0 Å². The van der Waals surface area contributed by atoms with Crippen molar-refractivity contribution in [2.75, 3.05) is 24.5 Å². The average molecular weight is 375 g/mol. The summed E-state index contributed by atoms with van der Waals surface area (Å²) in [5.41, 5.74) is 2.26. The number of rotatable bonds is 3. The Hall–Kier alpha value is -3.29. The second-order valence-corrected chi connectivity index (χ2v) is 7.32. The SMILES string of the molecule is Cc1nccnc1N1C[C@@H]2CCN(C(=O)c3ccccc3-n3nccn3)C[C@@H]21. The zero-order chi connectivity index (χ0) is 19.1. The van der Waals surface area contributed by atoms with E-state index in [0.29, 0.717) is 29.8 Å². The number of amides is 1. The van der Waals surface area contributed by atoms with Crippen molar-refractivity contribution in [2.24, 2.45) is 5.92 Å². The van der Waals surface area contributed by atoms with Gasteiger partial charge in [0.25, 0.3) is 5.91 Å². The molecule has 2 aliphatic rings. The van der Waals surface area contributed by atoms with Crippen LogP contribution in [0.1, 0.15) is 22.5 Å². The quantitative estimate of drug-likeness (QED) is 0.693. The van der Waals surface area contributed by atoms with Gasteiger partial charge in [0.2, 0.25) is 0 Å². The standard InChI is InChI=1S/C20H21N7O/c1-14-19(22-8-7-21-14)26-12-15-6-11-25(13-18(15)26)20(28)16-4-2-3-5-17(16)27-23-9-10-24-27/h2-5,7-10,15,18H,6,11-13H2,1H3/t15-,18-/m0/s1. The minimum absolute atomic E-state index is 0.0223. The summed E-state index contributed by atoms with van der Waals surface area (Å²) in [4.78, 5) is 27.9. The predicted octanol–water partition coefficient (Wildman–Crippen LogP) is 1.72. The van der Waals surface area contributed by atoms with E-state index in [1.165, 1.54) is 4.80 Å². The molecular formula is C20H21N7O. The highest BCUT2D eigenvalue weighted by atomic mass is 16.2. The van der Waals surface area contributed by atoms with Crippen LogP contribution < -0.4 is 4.90 Å². The lowest BCUT2D eigenvalue weighted by atomic mass is 9.82. The van der Waals surface area contributed by atoms with Crippen molar-refractivity contribution in [3.63, 3.8) is 0 Å². The van der Waals surface area contributed by atoms with Gasteiger partial charge in [0.05, 0.1) is 35.4 Å². The third kappa shape index (κ3) is 2.72. The van der Waals surface area contributed by atoms with Crippen LogP contribution in [-0.2, 0) is 0 Å². The van der Waals surface area contributed by atoms with E-state index in [2.05, 4.69) is 25.1 Å². The fourth-order valence-electron chi connectivity index (χ4n) is 4.25. The van der Waals surface area contributed by atoms with Crippen molar-refractivity contribution in [1.82, 2.24) is 29.9 Å². The summed E-state index contributed by atoms with van der Waals surface area (Å²) in [7, 11) is 0. The first-order valence-corrected chi connectivity index (χ1v) is 9.51. The highest BCUT2D eigenvalue weighted by molar-refractivity contribution is 5.97. The molecule has 0 N–H and O–H groups in total.